The molecule has 0 saturated heterocycles. The lowest BCUT2D eigenvalue weighted by Crippen LogP contribution is -2.16. The van der Waals surface area contributed by atoms with Crippen LogP contribution in [0.4, 0.5) is 0 Å². The van der Waals surface area contributed by atoms with Crippen LogP contribution in [0.15, 0.2) is 30.3 Å². The summed E-state index contributed by atoms with van der Waals surface area (Å²) in [6, 6.07) is 10.6. The monoisotopic (exact) mass is 258 g/mol. The molecule has 0 bridgehead atoms. The van der Waals surface area contributed by atoms with Crippen molar-refractivity contribution in [1.82, 2.24) is 0 Å². The third kappa shape index (κ3) is 2.68. The van der Waals surface area contributed by atoms with E-state index in [1.807, 2.05) is 0 Å². The zero-order valence-corrected chi connectivity index (χ0v) is 11.8. The number of rotatable bonds is 5. The number of hydrogen-bond acceptors (Lipinski definition) is 2. The van der Waals surface area contributed by atoms with E-state index in [0.717, 1.165) is 12.8 Å². The fourth-order valence-electron chi connectivity index (χ4n) is 3.05. The lowest BCUT2D eigenvalue weighted by Gasteiger charge is -2.17. The Morgan fingerprint density at radius 3 is 2.68 bits per heavy atom. The molecule has 0 spiro atoms. The second-order valence-electron chi connectivity index (χ2n) is 6.55. The molecule has 0 heterocycles. The van der Waals surface area contributed by atoms with Gasteiger partial charge in [-0.25, -0.2) is 0 Å². The van der Waals surface area contributed by atoms with E-state index in [9.17, 15) is 4.79 Å². The van der Waals surface area contributed by atoms with Crippen LogP contribution in [0.5, 0.6) is 0 Å². The van der Waals surface area contributed by atoms with Gasteiger partial charge in [0, 0.05) is 5.41 Å². The van der Waals surface area contributed by atoms with Gasteiger partial charge in [0.05, 0.1) is 12.5 Å². The van der Waals surface area contributed by atoms with Gasteiger partial charge in [-0.2, -0.15) is 0 Å². The summed E-state index contributed by atoms with van der Waals surface area (Å²) in [5.74, 6) is 1.43. The number of ether oxygens (including phenoxy) is 1. The molecule has 102 valence electrons. The minimum absolute atomic E-state index is 0.0271. The van der Waals surface area contributed by atoms with Gasteiger partial charge < -0.3 is 4.74 Å². The Bertz CT molecular complexity index is 463. The molecular formula is C17H22O2. The molecule has 1 aromatic rings. The maximum Gasteiger partial charge on any atom is 0.308 e. The molecule has 0 amide bonds. The van der Waals surface area contributed by atoms with E-state index in [0.29, 0.717) is 18.4 Å². The van der Waals surface area contributed by atoms with Crippen LogP contribution in [0, 0.1) is 17.3 Å². The predicted octanol–water partition coefficient (Wildman–Crippen LogP) is 3.77. The fraction of sp³-hybridized carbons (Fsp3) is 0.588. The highest BCUT2D eigenvalue weighted by Gasteiger charge is 2.53. The van der Waals surface area contributed by atoms with Crippen molar-refractivity contribution in [3.05, 3.63) is 35.9 Å². The van der Waals surface area contributed by atoms with Crippen molar-refractivity contribution in [2.75, 3.05) is 6.61 Å². The second kappa shape index (κ2) is 4.66. The first-order valence-corrected chi connectivity index (χ1v) is 7.32. The first-order chi connectivity index (χ1) is 9.10. The predicted molar refractivity (Wildman–Crippen MR) is 74.8 cm³/mol. The molecule has 0 radical (unpaired) electrons. The van der Waals surface area contributed by atoms with Crippen LogP contribution in [0.25, 0.3) is 0 Å². The van der Waals surface area contributed by atoms with Gasteiger partial charge in [0.25, 0.3) is 0 Å². The summed E-state index contributed by atoms with van der Waals surface area (Å²) < 4.78 is 5.47. The van der Waals surface area contributed by atoms with E-state index in [-0.39, 0.29) is 17.3 Å². The summed E-state index contributed by atoms with van der Waals surface area (Å²) in [5.41, 5.74) is 1.59. The Balaban J connectivity index is 1.55. The molecule has 3 unspecified atom stereocenters. The van der Waals surface area contributed by atoms with Crippen molar-refractivity contribution < 1.29 is 9.53 Å². The summed E-state index contributed by atoms with van der Waals surface area (Å²) in [5, 5.41) is 0. The Kier molecular flexibility index (Phi) is 3.12. The second-order valence-corrected chi connectivity index (χ2v) is 6.55. The van der Waals surface area contributed by atoms with Gasteiger partial charge in [-0.05, 0) is 36.7 Å². The van der Waals surface area contributed by atoms with Gasteiger partial charge in [-0.3, -0.25) is 4.79 Å². The summed E-state index contributed by atoms with van der Waals surface area (Å²) >= 11 is 0. The van der Waals surface area contributed by atoms with Crippen molar-refractivity contribution >= 4 is 5.97 Å². The van der Waals surface area contributed by atoms with Crippen molar-refractivity contribution in [1.29, 1.82) is 0 Å². The maximum atomic E-state index is 11.6. The summed E-state index contributed by atoms with van der Waals surface area (Å²) in [6.45, 7) is 5.13. The zero-order valence-electron chi connectivity index (χ0n) is 11.8. The number of benzene rings is 1. The number of esters is 1. The molecule has 1 aromatic carbocycles. The molecule has 3 rings (SSSR count). The molecule has 2 aliphatic rings. The highest BCUT2D eigenvalue weighted by Crippen LogP contribution is 2.59. The molecule has 0 aromatic heterocycles. The van der Waals surface area contributed by atoms with Crippen LogP contribution >= 0.6 is 0 Å². The van der Waals surface area contributed by atoms with Crippen LogP contribution < -0.4 is 0 Å². The van der Waals surface area contributed by atoms with Gasteiger partial charge in [0.15, 0.2) is 0 Å². The third-order valence-electron chi connectivity index (χ3n) is 4.81. The van der Waals surface area contributed by atoms with Gasteiger partial charge in [0.2, 0.25) is 0 Å². The van der Waals surface area contributed by atoms with Crippen LogP contribution in [0.2, 0.25) is 0 Å². The lowest BCUT2D eigenvalue weighted by atomic mass is 9.91. The Labute approximate surface area is 115 Å². The van der Waals surface area contributed by atoms with E-state index in [2.05, 4.69) is 44.2 Å². The Hall–Kier alpha value is -1.31. The highest BCUT2D eigenvalue weighted by molar-refractivity contribution is 5.74. The van der Waals surface area contributed by atoms with Crippen LogP contribution in [-0.2, 0) is 9.53 Å². The lowest BCUT2D eigenvalue weighted by molar-refractivity contribution is -0.147. The van der Waals surface area contributed by atoms with Crippen molar-refractivity contribution in [3.63, 3.8) is 0 Å². The van der Waals surface area contributed by atoms with Crippen molar-refractivity contribution in [2.24, 2.45) is 17.3 Å². The van der Waals surface area contributed by atoms with Gasteiger partial charge in [-0.15, -0.1) is 0 Å². The van der Waals surface area contributed by atoms with Gasteiger partial charge in [0.1, 0.15) is 0 Å². The molecule has 2 fully saturated rings. The normalized spacial score (nSPS) is 30.7. The van der Waals surface area contributed by atoms with Crippen molar-refractivity contribution in [3.8, 4) is 0 Å². The summed E-state index contributed by atoms with van der Waals surface area (Å²) in [6.07, 6.45) is 3.22. The number of carbonyl (C=O) groups excluding carboxylic acids is 1. The van der Waals surface area contributed by atoms with E-state index >= 15 is 0 Å². The van der Waals surface area contributed by atoms with E-state index in [1.165, 1.54) is 12.0 Å². The summed E-state index contributed by atoms with van der Waals surface area (Å²) in [7, 11) is 0. The fourth-order valence-corrected chi connectivity index (χ4v) is 3.05. The van der Waals surface area contributed by atoms with Gasteiger partial charge in [-0.1, -0.05) is 44.2 Å². The first-order valence-electron chi connectivity index (χ1n) is 7.32. The third-order valence-corrected chi connectivity index (χ3v) is 4.81. The molecule has 0 aliphatic heterocycles. The topological polar surface area (TPSA) is 26.3 Å². The Morgan fingerprint density at radius 1 is 1.37 bits per heavy atom. The molecule has 19 heavy (non-hydrogen) atoms. The zero-order chi connectivity index (χ0) is 13.5. The van der Waals surface area contributed by atoms with Crippen LogP contribution in [0.1, 0.15) is 44.6 Å². The smallest absolute Gasteiger partial charge is 0.308 e. The number of carbonyl (C=O) groups is 1. The molecule has 2 saturated carbocycles. The van der Waals surface area contributed by atoms with Crippen LogP contribution in [0.3, 0.4) is 0 Å². The highest BCUT2D eigenvalue weighted by atomic mass is 16.5. The maximum absolute atomic E-state index is 11.6. The minimum atomic E-state index is 0.0271. The van der Waals surface area contributed by atoms with Crippen LogP contribution in [-0.4, -0.2) is 12.6 Å². The molecule has 3 atom stereocenters. The average Bonchev–Trinajstić information content (AvgIpc) is 3.32. The quantitative estimate of drug-likeness (QED) is 0.751. The van der Waals surface area contributed by atoms with Crippen molar-refractivity contribution in [2.45, 2.75) is 39.0 Å². The number of hydrogen-bond donors (Lipinski definition) is 0. The first kappa shape index (κ1) is 12.7. The standard InChI is InChI=1S/C17H22O2/c1-12(13-6-4-3-5-7-13)15-10-17(15,2)11-19-16(18)14-8-9-14/h3-7,12,14-15H,8-11H2,1-2H3. The molecular weight excluding hydrogens is 236 g/mol. The molecule has 0 N–H and O–H groups in total. The Morgan fingerprint density at radius 2 is 2.05 bits per heavy atom. The van der Waals surface area contributed by atoms with E-state index in [4.69, 9.17) is 4.74 Å². The van der Waals surface area contributed by atoms with E-state index < -0.39 is 0 Å². The SMILES string of the molecule is CC(c1ccccc1)C1CC1(C)COC(=O)C1CC1. The minimum Gasteiger partial charge on any atom is -0.465 e. The molecule has 2 heteroatoms. The largest absolute Gasteiger partial charge is 0.465 e. The molecule has 2 nitrogen and oxygen atoms in total. The van der Waals surface area contributed by atoms with Gasteiger partial charge >= 0.3 is 5.97 Å². The molecule has 2 aliphatic carbocycles. The average molecular weight is 258 g/mol. The van der Waals surface area contributed by atoms with E-state index in [1.54, 1.807) is 0 Å². The summed E-state index contributed by atoms with van der Waals surface area (Å²) in [4.78, 5) is 11.6.